The molecule has 0 spiro atoms. The molecule has 0 rings (SSSR count). The van der Waals surface area contributed by atoms with Gasteiger partial charge in [0.15, 0.2) is 0 Å². The van der Waals surface area contributed by atoms with Gasteiger partial charge < -0.3 is 26.6 Å². The number of hydrogen-bond acceptors (Lipinski definition) is 5. The van der Waals surface area contributed by atoms with Gasteiger partial charge in [0.2, 0.25) is 5.91 Å². The molecule has 1 atom stereocenters. The highest BCUT2D eigenvalue weighted by Crippen LogP contribution is 2.04. The summed E-state index contributed by atoms with van der Waals surface area (Å²) >= 11 is 0. The van der Waals surface area contributed by atoms with Gasteiger partial charge in [-0.1, -0.05) is 32.6 Å². The van der Waals surface area contributed by atoms with E-state index < -0.39 is 6.10 Å². The minimum absolute atomic E-state index is 0.0578. The molecule has 0 heterocycles. The smallest absolute Gasteiger partial charge is 0.220 e. The lowest BCUT2D eigenvalue weighted by atomic mass is 10.1. The van der Waals surface area contributed by atoms with Crippen LogP contribution < -0.4 is 16.4 Å². The monoisotopic (exact) mass is 305 g/mol. The van der Waals surface area contributed by atoms with Crippen molar-refractivity contribution in [3.05, 3.63) is 0 Å². The van der Waals surface area contributed by atoms with Crippen molar-refractivity contribution in [3.63, 3.8) is 0 Å². The maximum Gasteiger partial charge on any atom is 0.220 e. The average molecular weight is 305 g/mol. The summed E-state index contributed by atoms with van der Waals surface area (Å²) in [5.41, 5.74) is 5.13. The molecule has 0 saturated carbocycles. The predicted molar refractivity (Wildman–Crippen MR) is 87.1 cm³/mol. The van der Waals surface area contributed by atoms with Crippen LogP contribution in [0.2, 0.25) is 0 Å². The molecule has 0 fully saturated rings. The van der Waals surface area contributed by atoms with Crippen LogP contribution in [-0.4, -0.2) is 55.0 Å². The summed E-state index contributed by atoms with van der Waals surface area (Å²) in [5.74, 6) is 0.0578. The van der Waals surface area contributed by atoms with Gasteiger partial charge in [-0.25, -0.2) is 0 Å². The summed E-state index contributed by atoms with van der Waals surface area (Å²) in [6.45, 7) is 6.49. The third-order valence-corrected chi connectivity index (χ3v) is 2.71. The maximum absolute atomic E-state index is 11.2. The van der Waals surface area contributed by atoms with Crippen molar-refractivity contribution in [2.45, 2.75) is 58.5 Å². The zero-order valence-corrected chi connectivity index (χ0v) is 13.7. The Balaban J connectivity index is 0. The summed E-state index contributed by atoms with van der Waals surface area (Å²) in [6, 6.07) is 0. The summed E-state index contributed by atoms with van der Waals surface area (Å²) < 4.78 is 0. The first-order valence-corrected chi connectivity index (χ1v) is 8.04. The number of aliphatic hydroxyl groups excluding tert-OH is 2. The molecule has 0 aliphatic rings. The van der Waals surface area contributed by atoms with Crippen molar-refractivity contribution in [2.75, 3.05) is 32.8 Å². The first-order chi connectivity index (χ1) is 10.1. The van der Waals surface area contributed by atoms with Crippen molar-refractivity contribution in [1.29, 1.82) is 0 Å². The standard InChI is InChI=1S/C11H23NO2.C4H12N2O/c1-3-4-5-6-7-8-11(14)12-9-10(2)13;5-1-2-6-3-4-7/h10,13H,3-9H2,1-2H3,(H,12,14);6-7H,1-5H2. The maximum atomic E-state index is 11.2. The Morgan fingerprint density at radius 2 is 1.86 bits per heavy atom. The number of nitrogens with two attached hydrogens (primary N) is 1. The van der Waals surface area contributed by atoms with E-state index in [4.69, 9.17) is 15.9 Å². The Kier molecular flexibility index (Phi) is 20.8. The normalized spacial score (nSPS) is 11.5. The second-order valence-electron chi connectivity index (χ2n) is 5.08. The summed E-state index contributed by atoms with van der Waals surface area (Å²) in [7, 11) is 0. The lowest BCUT2D eigenvalue weighted by Gasteiger charge is -2.06. The van der Waals surface area contributed by atoms with Crippen LogP contribution in [0.15, 0.2) is 0 Å². The van der Waals surface area contributed by atoms with Crippen LogP contribution in [0.3, 0.4) is 0 Å². The third-order valence-electron chi connectivity index (χ3n) is 2.71. The Hall–Kier alpha value is -0.690. The topological polar surface area (TPSA) is 108 Å². The quantitative estimate of drug-likeness (QED) is 0.335. The van der Waals surface area contributed by atoms with Crippen molar-refractivity contribution in [2.24, 2.45) is 5.73 Å². The van der Waals surface area contributed by atoms with Gasteiger partial charge in [-0.15, -0.1) is 0 Å². The van der Waals surface area contributed by atoms with Gasteiger partial charge in [-0.05, 0) is 13.3 Å². The number of unbranched alkanes of at least 4 members (excludes halogenated alkanes) is 4. The highest BCUT2D eigenvalue weighted by Gasteiger charge is 2.01. The lowest BCUT2D eigenvalue weighted by molar-refractivity contribution is -0.121. The number of carbonyl (C=O) groups is 1. The molecule has 0 aromatic rings. The zero-order chi connectivity index (χ0) is 16.3. The molecule has 6 N–H and O–H groups in total. The molecule has 0 aliphatic heterocycles. The van der Waals surface area contributed by atoms with Gasteiger partial charge in [-0.3, -0.25) is 4.79 Å². The predicted octanol–water partition coefficient (Wildman–Crippen LogP) is 0.371. The molecular formula is C15H35N3O3. The van der Waals surface area contributed by atoms with E-state index in [0.717, 1.165) is 19.4 Å². The van der Waals surface area contributed by atoms with Crippen LogP contribution in [0.5, 0.6) is 0 Å². The van der Waals surface area contributed by atoms with Crippen molar-refractivity contribution in [3.8, 4) is 0 Å². The lowest BCUT2D eigenvalue weighted by Crippen LogP contribution is -2.30. The fourth-order valence-corrected chi connectivity index (χ4v) is 1.55. The minimum Gasteiger partial charge on any atom is -0.395 e. The number of rotatable bonds is 12. The molecule has 0 aromatic carbocycles. The average Bonchev–Trinajstić information content (AvgIpc) is 2.46. The van der Waals surface area contributed by atoms with E-state index in [1.807, 2.05) is 0 Å². The van der Waals surface area contributed by atoms with Crippen LogP contribution >= 0.6 is 0 Å². The molecule has 0 saturated heterocycles. The molecule has 0 aromatic heterocycles. The summed E-state index contributed by atoms with van der Waals surface area (Å²) in [4.78, 5) is 11.2. The number of amides is 1. The molecule has 21 heavy (non-hydrogen) atoms. The fraction of sp³-hybridized carbons (Fsp3) is 0.933. The van der Waals surface area contributed by atoms with Crippen LogP contribution in [0.25, 0.3) is 0 Å². The summed E-state index contributed by atoms with van der Waals surface area (Å²) in [6.07, 6.45) is 5.96. The number of carbonyl (C=O) groups excluding carboxylic acids is 1. The zero-order valence-electron chi connectivity index (χ0n) is 13.7. The van der Waals surface area contributed by atoms with Gasteiger partial charge in [0.05, 0.1) is 12.7 Å². The SMILES string of the molecule is CCCCCCCC(=O)NCC(C)O.NCCNCCO. The molecule has 0 radical (unpaired) electrons. The highest BCUT2D eigenvalue weighted by atomic mass is 16.3. The number of aliphatic hydroxyl groups is 2. The molecule has 128 valence electrons. The summed E-state index contributed by atoms with van der Waals surface area (Å²) in [5, 5.41) is 22.7. The van der Waals surface area contributed by atoms with Gasteiger partial charge in [0.25, 0.3) is 0 Å². The van der Waals surface area contributed by atoms with Gasteiger partial charge in [0, 0.05) is 32.6 Å². The van der Waals surface area contributed by atoms with Crippen LogP contribution in [0, 0.1) is 0 Å². The molecule has 1 amide bonds. The first-order valence-electron chi connectivity index (χ1n) is 8.04. The van der Waals surface area contributed by atoms with Gasteiger partial charge in [0.1, 0.15) is 0 Å². The van der Waals surface area contributed by atoms with Crippen LogP contribution in [-0.2, 0) is 4.79 Å². The number of hydrogen-bond donors (Lipinski definition) is 5. The van der Waals surface area contributed by atoms with Crippen molar-refractivity contribution in [1.82, 2.24) is 10.6 Å². The fourth-order valence-electron chi connectivity index (χ4n) is 1.55. The first kappa shape index (κ1) is 22.6. The largest absolute Gasteiger partial charge is 0.395 e. The number of nitrogens with one attached hydrogen (secondary N) is 2. The Labute approximate surface area is 129 Å². The minimum atomic E-state index is -0.445. The molecule has 0 bridgehead atoms. The van der Waals surface area contributed by atoms with Gasteiger partial charge >= 0.3 is 0 Å². The highest BCUT2D eigenvalue weighted by molar-refractivity contribution is 5.75. The Morgan fingerprint density at radius 3 is 2.38 bits per heavy atom. The van der Waals surface area contributed by atoms with E-state index >= 15 is 0 Å². The second kappa shape index (κ2) is 19.3. The van der Waals surface area contributed by atoms with E-state index in [2.05, 4.69) is 17.6 Å². The van der Waals surface area contributed by atoms with E-state index in [1.54, 1.807) is 6.92 Å². The molecule has 6 heteroatoms. The molecule has 1 unspecified atom stereocenters. The van der Waals surface area contributed by atoms with Crippen molar-refractivity contribution >= 4 is 5.91 Å². The van der Waals surface area contributed by atoms with Crippen LogP contribution in [0.1, 0.15) is 52.4 Å². The van der Waals surface area contributed by atoms with Gasteiger partial charge in [-0.2, -0.15) is 0 Å². The Bertz CT molecular complexity index is 210. The van der Waals surface area contributed by atoms with Crippen LogP contribution in [0.4, 0.5) is 0 Å². The Morgan fingerprint density at radius 1 is 1.19 bits per heavy atom. The van der Waals surface area contributed by atoms with Crippen molar-refractivity contribution < 1.29 is 15.0 Å². The third kappa shape index (κ3) is 24.7. The van der Waals surface area contributed by atoms with E-state index in [0.29, 0.717) is 26.1 Å². The molecule has 0 aliphatic carbocycles. The van der Waals surface area contributed by atoms with E-state index in [1.165, 1.54) is 19.3 Å². The molecule has 6 nitrogen and oxygen atoms in total. The molecular weight excluding hydrogens is 270 g/mol. The second-order valence-corrected chi connectivity index (χ2v) is 5.08. The van der Waals surface area contributed by atoms with E-state index in [9.17, 15) is 4.79 Å². The van der Waals surface area contributed by atoms with E-state index in [-0.39, 0.29) is 12.5 Å².